The van der Waals surface area contributed by atoms with Crippen molar-refractivity contribution in [1.82, 2.24) is 15.3 Å². The third-order valence-electron chi connectivity index (χ3n) is 3.16. The van der Waals surface area contributed by atoms with E-state index in [1.165, 1.54) is 0 Å². The zero-order valence-electron chi connectivity index (χ0n) is 10.3. The van der Waals surface area contributed by atoms with Crippen LogP contribution in [0.4, 0.5) is 0 Å². The second kappa shape index (κ2) is 5.55. The van der Waals surface area contributed by atoms with Crippen molar-refractivity contribution in [2.24, 2.45) is 0 Å². The van der Waals surface area contributed by atoms with Crippen LogP contribution in [0, 0.1) is 0 Å². The van der Waals surface area contributed by atoms with Crippen molar-refractivity contribution in [1.29, 1.82) is 0 Å². The molecule has 0 radical (unpaired) electrons. The first-order chi connectivity index (χ1) is 9.33. The molecule has 5 heteroatoms. The van der Waals surface area contributed by atoms with Gasteiger partial charge in [0.05, 0.1) is 6.20 Å². The fourth-order valence-electron chi connectivity index (χ4n) is 1.92. The highest BCUT2D eigenvalue weighted by molar-refractivity contribution is 6.32. The van der Waals surface area contributed by atoms with Gasteiger partial charge >= 0.3 is 0 Å². The number of ether oxygens (including phenoxy) is 1. The topological polar surface area (TPSA) is 47.0 Å². The Morgan fingerprint density at radius 3 is 3.00 bits per heavy atom. The zero-order chi connectivity index (χ0) is 13.1. The van der Waals surface area contributed by atoms with Crippen LogP contribution in [0.3, 0.4) is 0 Å². The number of halogens is 1. The predicted octanol–water partition coefficient (Wildman–Crippen LogP) is 2.54. The molecule has 4 nitrogen and oxygen atoms in total. The van der Waals surface area contributed by atoms with Crippen LogP contribution in [0.5, 0.6) is 5.75 Å². The molecule has 0 aromatic carbocycles. The lowest BCUT2D eigenvalue weighted by Crippen LogP contribution is -2.46. The molecule has 1 atom stereocenters. The minimum absolute atomic E-state index is 0.456. The van der Waals surface area contributed by atoms with Gasteiger partial charge in [0.15, 0.2) is 0 Å². The summed E-state index contributed by atoms with van der Waals surface area (Å²) in [6.07, 6.45) is 6.31. The highest BCUT2D eigenvalue weighted by atomic mass is 35.5. The van der Waals surface area contributed by atoms with Gasteiger partial charge in [-0.05, 0) is 25.1 Å². The van der Waals surface area contributed by atoms with Crippen molar-refractivity contribution in [3.63, 3.8) is 0 Å². The molecule has 1 saturated heterocycles. The Morgan fingerprint density at radius 1 is 1.42 bits per heavy atom. The Bertz CT molecular complexity index is 558. The van der Waals surface area contributed by atoms with Crippen LogP contribution < -0.4 is 10.1 Å². The second-order valence-electron chi connectivity index (χ2n) is 4.50. The zero-order valence-corrected chi connectivity index (χ0v) is 11.1. The Kier molecular flexibility index (Phi) is 3.62. The van der Waals surface area contributed by atoms with Crippen molar-refractivity contribution in [2.45, 2.75) is 12.5 Å². The normalized spacial score (nSPS) is 17.8. The average Bonchev–Trinajstić information content (AvgIpc) is 2.40. The number of rotatable bonds is 4. The molecule has 1 N–H and O–H groups in total. The van der Waals surface area contributed by atoms with Gasteiger partial charge in [-0.2, -0.15) is 0 Å². The Balaban J connectivity index is 1.79. The summed E-state index contributed by atoms with van der Waals surface area (Å²) in [5.41, 5.74) is 1.78. The summed E-state index contributed by atoms with van der Waals surface area (Å²) in [5, 5.41) is 3.75. The summed E-state index contributed by atoms with van der Waals surface area (Å²) < 4.78 is 5.72. The molecule has 1 aliphatic heterocycles. The molecule has 19 heavy (non-hydrogen) atoms. The molecule has 1 fully saturated rings. The largest absolute Gasteiger partial charge is 0.490 e. The highest BCUT2D eigenvalue weighted by Gasteiger charge is 2.17. The molecule has 98 valence electrons. The van der Waals surface area contributed by atoms with Gasteiger partial charge in [0.2, 0.25) is 0 Å². The van der Waals surface area contributed by atoms with Gasteiger partial charge < -0.3 is 10.1 Å². The molecular formula is C14H14ClN3O. The second-order valence-corrected chi connectivity index (χ2v) is 4.86. The Labute approximate surface area is 116 Å². The van der Waals surface area contributed by atoms with Gasteiger partial charge in [-0.15, -0.1) is 0 Å². The fraction of sp³-hybridized carbons (Fsp3) is 0.286. The summed E-state index contributed by atoms with van der Waals surface area (Å²) >= 11 is 6.13. The molecule has 0 aliphatic carbocycles. The van der Waals surface area contributed by atoms with Crippen LogP contribution in [0.15, 0.2) is 36.8 Å². The molecule has 0 saturated carbocycles. The van der Waals surface area contributed by atoms with Gasteiger partial charge in [-0.1, -0.05) is 17.7 Å². The lowest BCUT2D eigenvalue weighted by atomic mass is 10.1. The van der Waals surface area contributed by atoms with Crippen molar-refractivity contribution in [3.05, 3.63) is 41.9 Å². The summed E-state index contributed by atoms with van der Waals surface area (Å²) in [6, 6.07) is 6.19. The fourth-order valence-corrected chi connectivity index (χ4v) is 2.13. The Morgan fingerprint density at radius 2 is 2.32 bits per heavy atom. The Hall–Kier alpha value is -1.65. The maximum Gasteiger partial charge on any atom is 0.138 e. The molecule has 0 amide bonds. The van der Waals surface area contributed by atoms with E-state index in [0.717, 1.165) is 29.8 Å². The quantitative estimate of drug-likeness (QED) is 0.871. The lowest BCUT2D eigenvalue weighted by Gasteiger charge is -2.27. The van der Waals surface area contributed by atoms with Crippen molar-refractivity contribution < 1.29 is 4.74 Å². The maximum absolute atomic E-state index is 6.13. The van der Waals surface area contributed by atoms with Gasteiger partial charge in [0.1, 0.15) is 17.5 Å². The van der Waals surface area contributed by atoms with E-state index in [1.54, 1.807) is 18.6 Å². The van der Waals surface area contributed by atoms with Crippen molar-refractivity contribution in [2.75, 3.05) is 13.2 Å². The van der Waals surface area contributed by atoms with E-state index < -0.39 is 0 Å². The minimum atomic E-state index is 0.456. The monoisotopic (exact) mass is 275 g/mol. The van der Waals surface area contributed by atoms with E-state index in [9.17, 15) is 0 Å². The highest BCUT2D eigenvalue weighted by Crippen LogP contribution is 2.29. The first-order valence-corrected chi connectivity index (χ1v) is 6.63. The van der Waals surface area contributed by atoms with E-state index in [2.05, 4.69) is 15.3 Å². The number of pyridine rings is 2. The van der Waals surface area contributed by atoms with Crippen LogP contribution in [-0.4, -0.2) is 29.2 Å². The summed E-state index contributed by atoms with van der Waals surface area (Å²) in [7, 11) is 0. The van der Waals surface area contributed by atoms with Crippen molar-refractivity contribution >= 4 is 11.6 Å². The smallest absolute Gasteiger partial charge is 0.138 e. The average molecular weight is 276 g/mol. The third kappa shape index (κ3) is 2.85. The number of hydrogen-bond acceptors (Lipinski definition) is 4. The van der Waals surface area contributed by atoms with Gasteiger partial charge in [0.25, 0.3) is 0 Å². The number of nitrogens with one attached hydrogen (secondary N) is 1. The standard InChI is InChI=1S/C14H14ClN3O/c15-14-13(10-2-1-4-16-7-10)6-12(8-18-14)19-9-11-3-5-17-11/h1-2,4,6-8,11,17H,3,5,9H2. The molecule has 3 rings (SSSR count). The summed E-state index contributed by atoms with van der Waals surface area (Å²) in [5.74, 6) is 0.733. The summed E-state index contributed by atoms with van der Waals surface area (Å²) in [6.45, 7) is 1.74. The first-order valence-electron chi connectivity index (χ1n) is 6.25. The number of hydrogen-bond donors (Lipinski definition) is 1. The molecular weight excluding hydrogens is 262 g/mol. The number of nitrogens with zero attached hydrogens (tertiary/aromatic N) is 2. The van der Waals surface area contributed by atoms with E-state index in [4.69, 9.17) is 16.3 Å². The van der Waals surface area contributed by atoms with Crippen LogP contribution in [0.1, 0.15) is 6.42 Å². The lowest BCUT2D eigenvalue weighted by molar-refractivity contribution is 0.217. The van der Waals surface area contributed by atoms with E-state index in [0.29, 0.717) is 17.8 Å². The molecule has 2 aromatic heterocycles. The van der Waals surface area contributed by atoms with Gasteiger partial charge in [-0.3, -0.25) is 4.98 Å². The van der Waals surface area contributed by atoms with Crippen LogP contribution in [0.2, 0.25) is 5.15 Å². The predicted molar refractivity (Wildman–Crippen MR) is 74.4 cm³/mol. The third-order valence-corrected chi connectivity index (χ3v) is 3.46. The van der Waals surface area contributed by atoms with Crippen molar-refractivity contribution in [3.8, 4) is 16.9 Å². The molecule has 0 bridgehead atoms. The molecule has 0 spiro atoms. The van der Waals surface area contributed by atoms with Crippen LogP contribution in [0.25, 0.3) is 11.1 Å². The molecule has 1 unspecified atom stereocenters. The van der Waals surface area contributed by atoms with Crippen LogP contribution >= 0.6 is 11.6 Å². The maximum atomic E-state index is 6.13. The van der Waals surface area contributed by atoms with E-state index >= 15 is 0 Å². The molecule has 1 aliphatic rings. The first kappa shape index (κ1) is 12.4. The van der Waals surface area contributed by atoms with E-state index in [-0.39, 0.29) is 0 Å². The SMILES string of the molecule is Clc1ncc(OCC2CCN2)cc1-c1cccnc1. The van der Waals surface area contributed by atoms with E-state index in [1.807, 2.05) is 18.2 Å². The van der Waals surface area contributed by atoms with Gasteiger partial charge in [-0.25, -0.2) is 4.98 Å². The molecule has 2 aromatic rings. The molecule has 3 heterocycles. The minimum Gasteiger partial charge on any atom is -0.490 e. The van der Waals surface area contributed by atoms with Gasteiger partial charge in [0, 0.05) is 29.6 Å². The summed E-state index contributed by atoms with van der Waals surface area (Å²) in [4.78, 5) is 8.26. The number of aromatic nitrogens is 2. The van der Waals surface area contributed by atoms with Crippen LogP contribution in [-0.2, 0) is 0 Å².